The molecule has 1 aromatic rings. The molecule has 0 bridgehead atoms. The molecular weight excluding hydrogens is 230 g/mol. The van der Waals surface area contributed by atoms with Gasteiger partial charge in [0, 0.05) is 25.8 Å². The fourth-order valence-corrected chi connectivity index (χ4v) is 1.80. The van der Waals surface area contributed by atoms with Crippen LogP contribution in [0, 0.1) is 0 Å². The van der Waals surface area contributed by atoms with E-state index >= 15 is 0 Å². The molecule has 0 radical (unpaired) electrons. The molecule has 0 spiro atoms. The van der Waals surface area contributed by atoms with Gasteiger partial charge in [-0.3, -0.25) is 0 Å². The first-order chi connectivity index (χ1) is 8.56. The molecule has 1 aliphatic heterocycles. The Morgan fingerprint density at radius 1 is 1.44 bits per heavy atom. The summed E-state index contributed by atoms with van der Waals surface area (Å²) in [6.45, 7) is 2.16. The Bertz CT molecular complexity index is 446. The fourth-order valence-electron chi connectivity index (χ4n) is 1.80. The Balaban J connectivity index is 2.03. The Morgan fingerprint density at radius 3 is 2.94 bits per heavy atom. The summed E-state index contributed by atoms with van der Waals surface area (Å²) in [6, 6.07) is 5.70. The van der Waals surface area contributed by atoms with Gasteiger partial charge in [-0.2, -0.15) is 0 Å². The molecule has 5 heteroatoms. The molecule has 2 rings (SSSR count). The van der Waals surface area contributed by atoms with Crippen LogP contribution in [0.2, 0.25) is 0 Å². The molecule has 2 amide bonds. The van der Waals surface area contributed by atoms with E-state index in [4.69, 9.17) is 4.74 Å². The second kappa shape index (κ2) is 5.27. The Kier molecular flexibility index (Phi) is 3.72. The van der Waals surface area contributed by atoms with Crippen LogP contribution in [-0.2, 0) is 6.54 Å². The van der Waals surface area contributed by atoms with Gasteiger partial charge in [0.15, 0.2) is 0 Å². The predicted octanol–water partition coefficient (Wildman–Crippen LogP) is 1.60. The van der Waals surface area contributed by atoms with Crippen LogP contribution in [0.1, 0.15) is 5.56 Å². The third-order valence-electron chi connectivity index (χ3n) is 2.88. The Labute approximate surface area is 107 Å². The molecule has 1 heterocycles. The fraction of sp³-hybridized carbons (Fsp3) is 0.462. The number of nitrogens with one attached hydrogen (secondary N) is 1. The number of fused-ring (bicyclic) bond motifs is 1. The zero-order chi connectivity index (χ0) is 13.1. The molecule has 0 saturated carbocycles. The lowest BCUT2D eigenvalue weighted by atomic mass is 10.1. The summed E-state index contributed by atoms with van der Waals surface area (Å²) in [4.78, 5) is 15.2. The normalized spacial score (nSPS) is 14.4. The van der Waals surface area contributed by atoms with Gasteiger partial charge in [0.05, 0.1) is 0 Å². The number of ether oxygens (including phenoxy) is 1. The highest BCUT2D eigenvalue weighted by Crippen LogP contribution is 2.26. The van der Waals surface area contributed by atoms with Crippen molar-refractivity contribution in [3.63, 3.8) is 0 Å². The van der Waals surface area contributed by atoms with E-state index in [1.807, 2.05) is 32.3 Å². The maximum Gasteiger partial charge on any atom is 0.321 e. The number of urea groups is 1. The number of likely N-dealkylation sites (N-methyl/N-ethyl adjacent to an activating group) is 1. The lowest BCUT2D eigenvalue weighted by Gasteiger charge is -2.26. The van der Waals surface area contributed by atoms with Gasteiger partial charge >= 0.3 is 6.03 Å². The Morgan fingerprint density at radius 2 is 2.22 bits per heavy atom. The molecular formula is C13H19N3O2. The number of carbonyl (C=O) groups is 1. The minimum atomic E-state index is -0.0659. The summed E-state index contributed by atoms with van der Waals surface area (Å²) in [5.41, 5.74) is 1.96. The largest absolute Gasteiger partial charge is 0.492 e. The predicted molar refractivity (Wildman–Crippen MR) is 71.0 cm³/mol. The first-order valence-corrected chi connectivity index (χ1v) is 5.99. The van der Waals surface area contributed by atoms with Crippen molar-refractivity contribution in [2.24, 2.45) is 0 Å². The van der Waals surface area contributed by atoms with Gasteiger partial charge in [0.1, 0.15) is 12.4 Å². The maximum atomic E-state index is 11.5. The van der Waals surface area contributed by atoms with Crippen molar-refractivity contribution in [2.75, 3.05) is 39.6 Å². The molecule has 98 valence electrons. The van der Waals surface area contributed by atoms with Crippen molar-refractivity contribution in [1.29, 1.82) is 0 Å². The second-order valence-corrected chi connectivity index (χ2v) is 4.76. The van der Waals surface area contributed by atoms with Crippen molar-refractivity contribution in [1.82, 2.24) is 9.80 Å². The van der Waals surface area contributed by atoms with Gasteiger partial charge < -0.3 is 19.9 Å². The minimum Gasteiger partial charge on any atom is -0.492 e. The highest BCUT2D eigenvalue weighted by molar-refractivity contribution is 5.92. The first-order valence-electron chi connectivity index (χ1n) is 5.99. The number of carbonyl (C=O) groups excluding carboxylic acids is 1. The number of anilines is 1. The molecule has 0 aromatic heterocycles. The number of amides is 2. The van der Waals surface area contributed by atoms with Gasteiger partial charge in [-0.25, -0.2) is 4.79 Å². The van der Waals surface area contributed by atoms with Crippen LogP contribution in [0.25, 0.3) is 0 Å². The van der Waals surface area contributed by atoms with Gasteiger partial charge in [-0.15, -0.1) is 0 Å². The lowest BCUT2D eigenvalue weighted by Crippen LogP contribution is -2.35. The topological polar surface area (TPSA) is 44.8 Å². The molecule has 0 aliphatic carbocycles. The molecule has 1 aliphatic rings. The zero-order valence-corrected chi connectivity index (χ0v) is 11.1. The number of nitrogens with zero attached hydrogens (tertiary/aromatic N) is 2. The summed E-state index contributed by atoms with van der Waals surface area (Å²) in [7, 11) is 5.80. The quantitative estimate of drug-likeness (QED) is 0.881. The average molecular weight is 249 g/mol. The highest BCUT2D eigenvalue weighted by atomic mass is 16.5. The Hall–Kier alpha value is -1.75. The van der Waals surface area contributed by atoms with Crippen LogP contribution in [0.15, 0.2) is 18.2 Å². The first kappa shape index (κ1) is 12.7. The summed E-state index contributed by atoms with van der Waals surface area (Å²) in [6.07, 6.45) is 0. The van der Waals surface area contributed by atoms with E-state index in [0.717, 1.165) is 23.5 Å². The maximum absolute atomic E-state index is 11.5. The van der Waals surface area contributed by atoms with Gasteiger partial charge in [0.25, 0.3) is 0 Å². The smallest absolute Gasteiger partial charge is 0.321 e. The van der Waals surface area contributed by atoms with Crippen molar-refractivity contribution in [2.45, 2.75) is 6.54 Å². The van der Waals surface area contributed by atoms with Crippen LogP contribution in [0.4, 0.5) is 10.5 Å². The van der Waals surface area contributed by atoms with E-state index in [1.54, 1.807) is 11.9 Å². The average Bonchev–Trinajstić information content (AvgIpc) is 2.30. The van der Waals surface area contributed by atoms with Crippen molar-refractivity contribution in [3.8, 4) is 5.75 Å². The molecule has 18 heavy (non-hydrogen) atoms. The van der Waals surface area contributed by atoms with E-state index in [9.17, 15) is 4.79 Å². The van der Waals surface area contributed by atoms with E-state index in [-0.39, 0.29) is 6.03 Å². The van der Waals surface area contributed by atoms with Gasteiger partial charge in [-0.05, 0) is 37.9 Å². The summed E-state index contributed by atoms with van der Waals surface area (Å²) >= 11 is 0. The van der Waals surface area contributed by atoms with Crippen LogP contribution >= 0.6 is 0 Å². The zero-order valence-electron chi connectivity index (χ0n) is 11.1. The third-order valence-corrected chi connectivity index (χ3v) is 2.88. The summed E-state index contributed by atoms with van der Waals surface area (Å²) in [5.74, 6) is 0.847. The third kappa shape index (κ3) is 2.92. The number of benzene rings is 1. The molecule has 0 saturated heterocycles. The molecule has 1 aromatic carbocycles. The molecule has 0 fully saturated rings. The van der Waals surface area contributed by atoms with Crippen molar-refractivity contribution < 1.29 is 9.53 Å². The van der Waals surface area contributed by atoms with Crippen molar-refractivity contribution >= 4 is 11.7 Å². The van der Waals surface area contributed by atoms with E-state index < -0.39 is 0 Å². The molecule has 1 N–H and O–H groups in total. The van der Waals surface area contributed by atoms with E-state index in [1.165, 1.54) is 0 Å². The van der Waals surface area contributed by atoms with Crippen molar-refractivity contribution in [3.05, 3.63) is 23.8 Å². The molecule has 0 atom stereocenters. The van der Waals surface area contributed by atoms with Crippen LogP contribution < -0.4 is 10.1 Å². The SMILES string of the molecule is CN(C)CCOc1ccc2c(c1)CN(C)C(=O)N2. The summed E-state index contributed by atoms with van der Waals surface area (Å²) < 4.78 is 5.67. The summed E-state index contributed by atoms with van der Waals surface area (Å²) in [5, 5.41) is 2.83. The van der Waals surface area contributed by atoms with Gasteiger partial charge in [-0.1, -0.05) is 0 Å². The van der Waals surface area contributed by atoms with E-state index in [2.05, 4.69) is 10.2 Å². The van der Waals surface area contributed by atoms with Crippen LogP contribution in [-0.4, -0.2) is 50.1 Å². The lowest BCUT2D eigenvalue weighted by molar-refractivity contribution is 0.218. The monoisotopic (exact) mass is 249 g/mol. The van der Waals surface area contributed by atoms with Crippen LogP contribution in [0.3, 0.4) is 0 Å². The van der Waals surface area contributed by atoms with Crippen LogP contribution in [0.5, 0.6) is 5.75 Å². The second-order valence-electron chi connectivity index (χ2n) is 4.76. The standard InChI is InChI=1S/C13H19N3O2/c1-15(2)6-7-18-11-4-5-12-10(8-11)9-16(3)13(17)14-12/h4-5,8H,6-7,9H2,1-3H3,(H,14,17). The number of rotatable bonds is 4. The number of hydrogen-bond donors (Lipinski definition) is 1. The molecule has 0 unspecified atom stereocenters. The van der Waals surface area contributed by atoms with Gasteiger partial charge in [0.2, 0.25) is 0 Å². The van der Waals surface area contributed by atoms with E-state index in [0.29, 0.717) is 13.2 Å². The highest BCUT2D eigenvalue weighted by Gasteiger charge is 2.19. The number of hydrogen-bond acceptors (Lipinski definition) is 3. The molecule has 5 nitrogen and oxygen atoms in total. The minimum absolute atomic E-state index is 0.0659.